The number of nitrogens with one attached hydrogen (secondary N) is 1. The van der Waals surface area contributed by atoms with Gasteiger partial charge >= 0.3 is 6.03 Å². The minimum absolute atomic E-state index is 0.0604. The molecule has 1 rings (SSSR count). The molecule has 1 saturated carbocycles. The van der Waals surface area contributed by atoms with Crippen LogP contribution in [0.5, 0.6) is 0 Å². The van der Waals surface area contributed by atoms with Crippen molar-refractivity contribution < 1.29 is 10.0 Å². The highest BCUT2D eigenvalue weighted by atomic mass is 16.4. The van der Waals surface area contributed by atoms with Gasteiger partial charge in [0, 0.05) is 25.0 Å². The predicted octanol–water partition coefficient (Wildman–Crippen LogP) is 0.953. The number of hydrogen-bond acceptors (Lipinski definition) is 3. The molecule has 0 bridgehead atoms. The van der Waals surface area contributed by atoms with Crippen LogP contribution in [0.3, 0.4) is 0 Å². The summed E-state index contributed by atoms with van der Waals surface area (Å²) in [5.41, 5.74) is 5.50. The molecule has 6 nitrogen and oxygen atoms in total. The molecule has 2 amide bonds. The number of rotatable bonds is 5. The first kappa shape index (κ1) is 13.6. The third-order valence-electron chi connectivity index (χ3n) is 3.22. The van der Waals surface area contributed by atoms with E-state index in [-0.39, 0.29) is 17.8 Å². The maximum absolute atomic E-state index is 11.9. The van der Waals surface area contributed by atoms with E-state index < -0.39 is 0 Å². The summed E-state index contributed by atoms with van der Waals surface area (Å²) in [5, 5.41) is 14.5. The minimum Gasteiger partial charge on any atom is -0.409 e. The summed E-state index contributed by atoms with van der Waals surface area (Å²) < 4.78 is 0. The fourth-order valence-electron chi connectivity index (χ4n) is 1.70. The summed E-state index contributed by atoms with van der Waals surface area (Å²) >= 11 is 0. The molecule has 1 atom stereocenters. The second kappa shape index (κ2) is 6.32. The standard InChI is InChI=1S/C11H22N4O2/c1-3-15(7-8(2)10(12)14-17)11(16)13-9-5-4-6-9/h8-9,17H,3-7H2,1-2H3,(H2,12,14)(H,13,16). The van der Waals surface area contributed by atoms with E-state index in [2.05, 4.69) is 10.5 Å². The van der Waals surface area contributed by atoms with E-state index in [4.69, 9.17) is 10.9 Å². The van der Waals surface area contributed by atoms with Gasteiger partial charge in [-0.05, 0) is 26.2 Å². The van der Waals surface area contributed by atoms with Crippen LogP contribution < -0.4 is 11.1 Å². The topological polar surface area (TPSA) is 90.9 Å². The van der Waals surface area contributed by atoms with E-state index in [0.29, 0.717) is 19.1 Å². The molecule has 0 aromatic carbocycles. The van der Waals surface area contributed by atoms with Crippen molar-refractivity contribution in [1.82, 2.24) is 10.2 Å². The Bertz CT molecular complexity index is 289. The van der Waals surface area contributed by atoms with Crippen LogP contribution in [0.1, 0.15) is 33.1 Å². The minimum atomic E-state index is -0.146. The molecule has 0 spiro atoms. The molecule has 0 aromatic rings. The molecule has 6 heteroatoms. The highest BCUT2D eigenvalue weighted by Crippen LogP contribution is 2.18. The van der Waals surface area contributed by atoms with E-state index in [1.165, 1.54) is 6.42 Å². The summed E-state index contributed by atoms with van der Waals surface area (Å²) in [6, 6.07) is 0.269. The molecule has 0 radical (unpaired) electrons. The van der Waals surface area contributed by atoms with Gasteiger partial charge < -0.3 is 21.2 Å². The predicted molar refractivity (Wildman–Crippen MR) is 66.0 cm³/mol. The normalized spacial score (nSPS) is 18.4. The van der Waals surface area contributed by atoms with Gasteiger partial charge in [0.05, 0.1) is 0 Å². The van der Waals surface area contributed by atoms with Crippen molar-refractivity contribution in [2.75, 3.05) is 13.1 Å². The number of hydrogen-bond donors (Lipinski definition) is 3. The molecule has 0 saturated heterocycles. The summed E-state index contributed by atoms with van der Waals surface area (Å²) in [7, 11) is 0. The SMILES string of the molecule is CCN(CC(C)C(N)=NO)C(=O)NC1CCC1. The van der Waals surface area contributed by atoms with Gasteiger partial charge in [0.15, 0.2) is 0 Å². The maximum atomic E-state index is 11.9. The van der Waals surface area contributed by atoms with Crippen molar-refractivity contribution in [3.63, 3.8) is 0 Å². The number of carbonyl (C=O) groups is 1. The van der Waals surface area contributed by atoms with E-state index in [1.54, 1.807) is 4.90 Å². The molecule has 1 aliphatic rings. The van der Waals surface area contributed by atoms with Gasteiger partial charge in [0.25, 0.3) is 0 Å². The number of amides is 2. The largest absolute Gasteiger partial charge is 0.409 e. The van der Waals surface area contributed by atoms with Crippen molar-refractivity contribution in [1.29, 1.82) is 0 Å². The number of urea groups is 1. The Morgan fingerprint density at radius 1 is 1.65 bits per heavy atom. The van der Waals surface area contributed by atoms with Gasteiger partial charge in [0.2, 0.25) is 0 Å². The molecule has 17 heavy (non-hydrogen) atoms. The Kier molecular flexibility index (Phi) is 5.06. The fourth-order valence-corrected chi connectivity index (χ4v) is 1.70. The lowest BCUT2D eigenvalue weighted by molar-refractivity contribution is 0.185. The number of carbonyl (C=O) groups excluding carboxylic acids is 1. The van der Waals surface area contributed by atoms with Crippen molar-refractivity contribution in [2.45, 2.75) is 39.2 Å². The van der Waals surface area contributed by atoms with Crippen molar-refractivity contribution in [3.8, 4) is 0 Å². The lowest BCUT2D eigenvalue weighted by Gasteiger charge is -2.31. The van der Waals surface area contributed by atoms with E-state index >= 15 is 0 Å². The van der Waals surface area contributed by atoms with Gasteiger partial charge in [-0.3, -0.25) is 0 Å². The smallest absolute Gasteiger partial charge is 0.317 e. The number of amidine groups is 1. The molecule has 0 aliphatic heterocycles. The van der Waals surface area contributed by atoms with Gasteiger partial charge in [-0.25, -0.2) is 4.79 Å². The summed E-state index contributed by atoms with van der Waals surface area (Å²) in [6.07, 6.45) is 3.33. The quantitative estimate of drug-likeness (QED) is 0.290. The van der Waals surface area contributed by atoms with Crippen LogP contribution in [0.4, 0.5) is 4.79 Å². The summed E-state index contributed by atoms with van der Waals surface area (Å²) in [4.78, 5) is 13.6. The van der Waals surface area contributed by atoms with Crippen LogP contribution in [0.2, 0.25) is 0 Å². The fraction of sp³-hybridized carbons (Fsp3) is 0.818. The van der Waals surface area contributed by atoms with Gasteiger partial charge in [0.1, 0.15) is 5.84 Å². The van der Waals surface area contributed by atoms with Gasteiger partial charge in [-0.1, -0.05) is 12.1 Å². The van der Waals surface area contributed by atoms with Crippen LogP contribution in [0.15, 0.2) is 5.16 Å². The van der Waals surface area contributed by atoms with Crippen LogP contribution in [0, 0.1) is 5.92 Å². The first-order chi connectivity index (χ1) is 8.08. The second-order valence-corrected chi connectivity index (χ2v) is 4.54. The Hall–Kier alpha value is -1.46. The van der Waals surface area contributed by atoms with E-state index in [0.717, 1.165) is 12.8 Å². The van der Waals surface area contributed by atoms with Crippen molar-refractivity contribution in [2.24, 2.45) is 16.8 Å². The monoisotopic (exact) mass is 242 g/mol. The Labute approximate surface area is 102 Å². The molecular formula is C11H22N4O2. The third kappa shape index (κ3) is 3.80. The molecule has 1 fully saturated rings. The van der Waals surface area contributed by atoms with Crippen LogP contribution in [-0.4, -0.2) is 41.1 Å². The number of nitrogens with two attached hydrogens (primary N) is 1. The molecule has 1 aliphatic carbocycles. The number of oxime groups is 1. The molecule has 4 N–H and O–H groups in total. The molecule has 0 heterocycles. The zero-order chi connectivity index (χ0) is 12.8. The molecule has 1 unspecified atom stereocenters. The first-order valence-corrected chi connectivity index (χ1v) is 6.11. The second-order valence-electron chi connectivity index (χ2n) is 4.54. The molecule has 0 aromatic heterocycles. The van der Waals surface area contributed by atoms with Crippen LogP contribution in [-0.2, 0) is 0 Å². The average molecular weight is 242 g/mol. The van der Waals surface area contributed by atoms with E-state index in [9.17, 15) is 4.79 Å². The zero-order valence-electron chi connectivity index (χ0n) is 10.5. The first-order valence-electron chi connectivity index (χ1n) is 6.11. The molecular weight excluding hydrogens is 220 g/mol. The Morgan fingerprint density at radius 2 is 2.29 bits per heavy atom. The highest BCUT2D eigenvalue weighted by Gasteiger charge is 2.23. The Morgan fingerprint density at radius 3 is 2.71 bits per heavy atom. The van der Waals surface area contributed by atoms with Crippen LogP contribution >= 0.6 is 0 Å². The Balaban J connectivity index is 2.43. The zero-order valence-corrected chi connectivity index (χ0v) is 10.5. The lowest BCUT2D eigenvalue weighted by Crippen LogP contribution is -2.49. The third-order valence-corrected chi connectivity index (χ3v) is 3.22. The van der Waals surface area contributed by atoms with Gasteiger partial charge in [-0.15, -0.1) is 0 Å². The average Bonchev–Trinajstić information content (AvgIpc) is 2.28. The molecule has 98 valence electrons. The number of nitrogens with zero attached hydrogens (tertiary/aromatic N) is 2. The van der Waals surface area contributed by atoms with E-state index in [1.807, 2.05) is 13.8 Å². The van der Waals surface area contributed by atoms with Crippen molar-refractivity contribution >= 4 is 11.9 Å². The van der Waals surface area contributed by atoms with Crippen LogP contribution in [0.25, 0.3) is 0 Å². The van der Waals surface area contributed by atoms with Gasteiger partial charge in [-0.2, -0.15) is 0 Å². The summed E-state index contributed by atoms with van der Waals surface area (Å²) in [6.45, 7) is 4.82. The lowest BCUT2D eigenvalue weighted by atomic mass is 9.93. The summed E-state index contributed by atoms with van der Waals surface area (Å²) in [5.74, 6) is 0.00647. The highest BCUT2D eigenvalue weighted by molar-refractivity contribution is 5.83. The maximum Gasteiger partial charge on any atom is 0.317 e. The van der Waals surface area contributed by atoms with Crippen molar-refractivity contribution in [3.05, 3.63) is 0 Å².